The highest BCUT2D eigenvalue weighted by molar-refractivity contribution is 7.99. The molecule has 0 aliphatic carbocycles. The van der Waals surface area contributed by atoms with E-state index >= 15 is 0 Å². The van der Waals surface area contributed by atoms with E-state index in [2.05, 4.69) is 6.58 Å². The van der Waals surface area contributed by atoms with E-state index in [1.54, 1.807) is 11.8 Å². The van der Waals surface area contributed by atoms with Crippen LogP contribution in [0.3, 0.4) is 0 Å². The van der Waals surface area contributed by atoms with Crippen molar-refractivity contribution in [3.05, 3.63) is 11.6 Å². The summed E-state index contributed by atoms with van der Waals surface area (Å²) in [6.07, 6.45) is 0. The van der Waals surface area contributed by atoms with Gasteiger partial charge in [-0.15, -0.1) is 0 Å². The summed E-state index contributed by atoms with van der Waals surface area (Å²) in [6.45, 7) is 4.25. The first-order chi connectivity index (χ1) is 3.77. The van der Waals surface area contributed by atoms with Crippen molar-refractivity contribution in [3.8, 4) is 0 Å². The molecular weight excluding hydrogens is 142 g/mol. The van der Waals surface area contributed by atoms with Gasteiger partial charge in [0.1, 0.15) is 0 Å². The van der Waals surface area contributed by atoms with Gasteiger partial charge in [0.2, 0.25) is 0 Å². The van der Waals surface area contributed by atoms with Crippen LogP contribution >= 0.6 is 23.4 Å². The number of nitrogens with two attached hydrogens (primary N) is 1. The van der Waals surface area contributed by atoms with Gasteiger partial charge in [0.15, 0.2) is 0 Å². The SMILES string of the molecule is C=C(Cl)CSCCN. The molecule has 48 valence electrons. The zero-order valence-corrected chi connectivity index (χ0v) is 6.26. The molecule has 0 amide bonds. The van der Waals surface area contributed by atoms with Gasteiger partial charge in [-0.05, 0) is 0 Å². The second-order valence-corrected chi connectivity index (χ2v) is 3.00. The lowest BCUT2D eigenvalue weighted by Crippen LogP contribution is -2.01. The Kier molecular flexibility index (Phi) is 5.71. The molecule has 0 atom stereocenters. The predicted molar refractivity (Wildman–Crippen MR) is 41.4 cm³/mol. The van der Waals surface area contributed by atoms with Crippen LogP contribution in [-0.2, 0) is 0 Å². The molecule has 0 aliphatic rings. The predicted octanol–water partition coefficient (Wildman–Crippen LogP) is 1.43. The molecule has 0 saturated carbocycles. The molecule has 0 spiro atoms. The van der Waals surface area contributed by atoms with Gasteiger partial charge >= 0.3 is 0 Å². The monoisotopic (exact) mass is 151 g/mol. The van der Waals surface area contributed by atoms with Crippen molar-refractivity contribution >= 4 is 23.4 Å². The zero-order chi connectivity index (χ0) is 6.41. The van der Waals surface area contributed by atoms with E-state index in [9.17, 15) is 0 Å². The fourth-order valence-electron chi connectivity index (χ4n) is 0.266. The summed E-state index contributed by atoms with van der Waals surface area (Å²) < 4.78 is 0. The first kappa shape index (κ1) is 8.34. The van der Waals surface area contributed by atoms with Crippen molar-refractivity contribution in [2.45, 2.75) is 0 Å². The standard InChI is InChI=1S/C5H10ClNS/c1-5(6)4-8-3-2-7/h1-4,7H2. The molecule has 0 heterocycles. The lowest BCUT2D eigenvalue weighted by molar-refractivity contribution is 1.15. The Hall–Kier alpha value is 0.340. The van der Waals surface area contributed by atoms with Gasteiger partial charge in [-0.1, -0.05) is 18.2 Å². The number of halogens is 1. The molecule has 0 unspecified atom stereocenters. The van der Waals surface area contributed by atoms with Gasteiger partial charge in [0, 0.05) is 23.1 Å². The van der Waals surface area contributed by atoms with Gasteiger partial charge in [-0.3, -0.25) is 0 Å². The molecule has 0 fully saturated rings. The van der Waals surface area contributed by atoms with Crippen LogP contribution in [0.4, 0.5) is 0 Å². The van der Waals surface area contributed by atoms with Crippen LogP contribution in [0, 0.1) is 0 Å². The molecule has 0 saturated heterocycles. The molecule has 0 rings (SSSR count). The third-order valence-corrected chi connectivity index (χ3v) is 1.89. The van der Waals surface area contributed by atoms with Gasteiger partial charge in [-0.25, -0.2) is 0 Å². The molecule has 0 aromatic heterocycles. The van der Waals surface area contributed by atoms with E-state index in [1.165, 1.54) is 0 Å². The molecule has 8 heavy (non-hydrogen) atoms. The molecule has 2 N–H and O–H groups in total. The van der Waals surface area contributed by atoms with E-state index in [1.807, 2.05) is 0 Å². The summed E-state index contributed by atoms with van der Waals surface area (Å²) in [6, 6.07) is 0. The lowest BCUT2D eigenvalue weighted by Gasteiger charge is -1.93. The van der Waals surface area contributed by atoms with Crippen LogP contribution in [0.5, 0.6) is 0 Å². The minimum atomic E-state index is 0.698. The molecular formula is C5H10ClNS. The third kappa shape index (κ3) is 6.34. The quantitative estimate of drug-likeness (QED) is 0.616. The van der Waals surface area contributed by atoms with Crippen molar-refractivity contribution < 1.29 is 0 Å². The van der Waals surface area contributed by atoms with E-state index in [0.29, 0.717) is 5.03 Å². The maximum absolute atomic E-state index is 5.46. The lowest BCUT2D eigenvalue weighted by atomic mass is 10.7. The minimum Gasteiger partial charge on any atom is -0.330 e. The van der Waals surface area contributed by atoms with Gasteiger partial charge in [-0.2, -0.15) is 11.8 Å². The molecule has 3 heteroatoms. The van der Waals surface area contributed by atoms with Gasteiger partial charge in [0.05, 0.1) is 0 Å². The number of hydrogen-bond acceptors (Lipinski definition) is 2. The smallest absolute Gasteiger partial charge is 0.0287 e. The molecule has 0 aliphatic heterocycles. The Labute approximate surface area is 59.3 Å². The first-order valence-electron chi connectivity index (χ1n) is 2.38. The van der Waals surface area contributed by atoms with Crippen LogP contribution in [-0.4, -0.2) is 18.1 Å². The highest BCUT2D eigenvalue weighted by Gasteiger charge is 1.86. The molecule has 0 radical (unpaired) electrons. The zero-order valence-electron chi connectivity index (χ0n) is 4.69. The van der Waals surface area contributed by atoms with Crippen LogP contribution < -0.4 is 5.73 Å². The average Bonchev–Trinajstić information content (AvgIpc) is 1.66. The molecule has 0 bridgehead atoms. The second-order valence-electron chi connectivity index (χ2n) is 1.36. The third-order valence-electron chi connectivity index (χ3n) is 0.521. The maximum atomic E-state index is 5.46. The van der Waals surface area contributed by atoms with Crippen molar-refractivity contribution in [2.75, 3.05) is 18.1 Å². The Morgan fingerprint density at radius 1 is 1.75 bits per heavy atom. The topological polar surface area (TPSA) is 26.0 Å². The molecule has 0 aromatic carbocycles. The summed E-state index contributed by atoms with van der Waals surface area (Å²) in [5.41, 5.74) is 5.22. The summed E-state index contributed by atoms with van der Waals surface area (Å²) in [7, 11) is 0. The van der Waals surface area contributed by atoms with Gasteiger partial charge in [0.25, 0.3) is 0 Å². The first-order valence-corrected chi connectivity index (χ1v) is 3.91. The van der Waals surface area contributed by atoms with Gasteiger partial charge < -0.3 is 5.73 Å². The fraction of sp³-hybridized carbons (Fsp3) is 0.600. The van der Waals surface area contributed by atoms with Crippen molar-refractivity contribution in [3.63, 3.8) is 0 Å². The van der Waals surface area contributed by atoms with Crippen molar-refractivity contribution in [1.29, 1.82) is 0 Å². The van der Waals surface area contributed by atoms with Crippen LogP contribution in [0.1, 0.15) is 0 Å². The number of thioether (sulfide) groups is 1. The van der Waals surface area contributed by atoms with E-state index < -0.39 is 0 Å². The summed E-state index contributed by atoms with van der Waals surface area (Å²) >= 11 is 7.16. The summed E-state index contributed by atoms with van der Waals surface area (Å²) in [5.74, 6) is 1.78. The van der Waals surface area contributed by atoms with Crippen molar-refractivity contribution in [2.24, 2.45) is 5.73 Å². The summed E-state index contributed by atoms with van der Waals surface area (Å²) in [5, 5.41) is 0.698. The van der Waals surface area contributed by atoms with E-state index in [-0.39, 0.29) is 0 Å². The largest absolute Gasteiger partial charge is 0.330 e. The van der Waals surface area contributed by atoms with E-state index in [4.69, 9.17) is 17.3 Å². The summed E-state index contributed by atoms with van der Waals surface area (Å²) in [4.78, 5) is 0. The second kappa shape index (κ2) is 5.48. The molecule has 0 aromatic rings. The minimum absolute atomic E-state index is 0.698. The van der Waals surface area contributed by atoms with Crippen LogP contribution in [0.2, 0.25) is 0 Å². The fourth-order valence-corrected chi connectivity index (χ4v) is 1.03. The highest BCUT2D eigenvalue weighted by Crippen LogP contribution is 2.07. The maximum Gasteiger partial charge on any atom is 0.0287 e. The highest BCUT2D eigenvalue weighted by atomic mass is 35.5. The normalized spacial score (nSPS) is 9.25. The Morgan fingerprint density at radius 2 is 2.38 bits per heavy atom. The average molecular weight is 152 g/mol. The Bertz CT molecular complexity index is 74.8. The Balaban J connectivity index is 2.82. The molecule has 1 nitrogen and oxygen atoms in total. The number of rotatable bonds is 4. The van der Waals surface area contributed by atoms with Crippen LogP contribution in [0.15, 0.2) is 11.6 Å². The van der Waals surface area contributed by atoms with Crippen LogP contribution in [0.25, 0.3) is 0 Å². The Morgan fingerprint density at radius 3 is 2.75 bits per heavy atom. The van der Waals surface area contributed by atoms with E-state index in [0.717, 1.165) is 18.1 Å². The van der Waals surface area contributed by atoms with Crippen molar-refractivity contribution in [1.82, 2.24) is 0 Å². The number of hydrogen-bond donors (Lipinski definition) is 1.